The minimum absolute atomic E-state index is 0.116. The number of benzene rings is 2. The van der Waals surface area contributed by atoms with Gasteiger partial charge in [0.25, 0.3) is 10.1 Å². The topological polar surface area (TPSA) is 119 Å². The molecule has 0 saturated carbocycles. The lowest BCUT2D eigenvalue weighted by atomic mass is 9.99. The van der Waals surface area contributed by atoms with Crippen LogP contribution in [0.25, 0.3) is 0 Å². The molecule has 5 atom stereocenters. The van der Waals surface area contributed by atoms with E-state index >= 15 is 0 Å². The number of rotatable bonds is 6. The summed E-state index contributed by atoms with van der Waals surface area (Å²) in [4.78, 5) is 12.3. The van der Waals surface area contributed by atoms with Crippen molar-refractivity contribution in [1.29, 1.82) is 0 Å². The number of halogens is 1. The number of carbonyl (C=O) groups excluding carboxylic acids is 1. The molecule has 2 aromatic rings. The summed E-state index contributed by atoms with van der Waals surface area (Å²) < 4.78 is 41.0. The van der Waals surface area contributed by atoms with Crippen LogP contribution in [0.5, 0.6) is 0 Å². The second-order valence-electron chi connectivity index (χ2n) is 6.77. The number of ether oxygens (including phenoxy) is 2. The lowest BCUT2D eigenvalue weighted by molar-refractivity contribution is -0.268. The molecule has 10 heteroatoms. The molecule has 1 heterocycles. The molecule has 2 N–H and O–H groups in total. The molecule has 1 aliphatic heterocycles. The molecule has 2 aromatic carbocycles. The van der Waals surface area contributed by atoms with Crippen molar-refractivity contribution in [2.75, 3.05) is 5.33 Å². The summed E-state index contributed by atoms with van der Waals surface area (Å²) >= 11 is 3.18. The Hall–Kier alpha value is -1.82. The third kappa shape index (κ3) is 5.08. The molecule has 30 heavy (non-hydrogen) atoms. The molecule has 0 aromatic heterocycles. The molecule has 1 aliphatic rings. The summed E-state index contributed by atoms with van der Waals surface area (Å²) in [6.45, 7) is 1.80. The van der Waals surface area contributed by atoms with Gasteiger partial charge in [0.05, 0.1) is 10.5 Å². The maximum atomic E-state index is 12.6. The van der Waals surface area contributed by atoms with Gasteiger partial charge in [-0.25, -0.2) is 4.79 Å². The fourth-order valence-corrected chi connectivity index (χ4v) is 4.56. The maximum Gasteiger partial charge on any atom is 0.338 e. The Morgan fingerprint density at radius 1 is 1.07 bits per heavy atom. The maximum absolute atomic E-state index is 12.6. The van der Waals surface area contributed by atoms with E-state index in [-0.39, 0.29) is 15.8 Å². The number of aryl methyl sites for hydroxylation is 1. The molecule has 0 radical (unpaired) electrons. The van der Waals surface area contributed by atoms with Crippen molar-refractivity contribution in [3.05, 3.63) is 65.7 Å². The van der Waals surface area contributed by atoms with Gasteiger partial charge in [0.2, 0.25) is 0 Å². The summed E-state index contributed by atoms with van der Waals surface area (Å²) in [6.07, 6.45) is -7.32. The van der Waals surface area contributed by atoms with E-state index in [0.29, 0.717) is 0 Å². The zero-order chi connectivity index (χ0) is 21.9. The number of hydrogen-bond acceptors (Lipinski definition) is 8. The molecule has 1 saturated heterocycles. The van der Waals surface area contributed by atoms with Crippen molar-refractivity contribution in [2.24, 2.45) is 0 Å². The first-order valence-corrected chi connectivity index (χ1v) is 11.6. The highest BCUT2D eigenvalue weighted by Gasteiger charge is 2.49. The Balaban J connectivity index is 1.81. The molecular weight excluding hydrogens is 480 g/mol. The van der Waals surface area contributed by atoms with Crippen LogP contribution < -0.4 is 0 Å². The van der Waals surface area contributed by atoms with Crippen molar-refractivity contribution < 1.29 is 37.1 Å². The summed E-state index contributed by atoms with van der Waals surface area (Å²) in [7, 11) is -4.32. The average Bonchev–Trinajstić information content (AvgIpc) is 2.73. The number of aliphatic hydroxyl groups excluding tert-OH is 2. The molecule has 0 unspecified atom stereocenters. The quantitative estimate of drug-likeness (QED) is 0.349. The highest BCUT2D eigenvalue weighted by molar-refractivity contribution is 9.09. The third-order valence-electron chi connectivity index (χ3n) is 4.59. The number of carbonyl (C=O) groups is 1. The predicted molar refractivity (Wildman–Crippen MR) is 110 cm³/mol. The monoisotopic (exact) mass is 500 g/mol. The van der Waals surface area contributed by atoms with Crippen LogP contribution in [-0.4, -0.2) is 60.6 Å². The van der Waals surface area contributed by atoms with Gasteiger partial charge in [-0.15, -0.1) is 0 Å². The Morgan fingerprint density at radius 3 is 2.30 bits per heavy atom. The van der Waals surface area contributed by atoms with Gasteiger partial charge in [-0.3, -0.25) is 4.18 Å². The lowest BCUT2D eigenvalue weighted by Gasteiger charge is -2.41. The molecule has 1 fully saturated rings. The number of esters is 1. The molecular formula is C20H21BrO8S. The highest BCUT2D eigenvalue weighted by Crippen LogP contribution is 2.29. The van der Waals surface area contributed by atoms with E-state index in [4.69, 9.17) is 13.7 Å². The zero-order valence-electron chi connectivity index (χ0n) is 15.9. The first-order chi connectivity index (χ1) is 14.2. The number of alkyl halides is 1. The third-order valence-corrected chi connectivity index (χ3v) is 6.55. The lowest BCUT2D eigenvalue weighted by Crippen LogP contribution is -2.60. The van der Waals surface area contributed by atoms with Gasteiger partial charge in [-0.05, 0) is 31.2 Å². The van der Waals surface area contributed by atoms with E-state index in [9.17, 15) is 23.4 Å². The Labute approximate surface area is 182 Å². The Morgan fingerprint density at radius 2 is 1.70 bits per heavy atom. The average molecular weight is 501 g/mol. The normalized spacial score (nSPS) is 26.9. The van der Waals surface area contributed by atoms with Crippen LogP contribution in [-0.2, 0) is 23.8 Å². The van der Waals surface area contributed by atoms with Crippen LogP contribution in [0, 0.1) is 6.92 Å². The van der Waals surface area contributed by atoms with Gasteiger partial charge < -0.3 is 19.7 Å². The van der Waals surface area contributed by atoms with Crippen molar-refractivity contribution in [1.82, 2.24) is 0 Å². The van der Waals surface area contributed by atoms with Crippen molar-refractivity contribution in [2.45, 2.75) is 42.5 Å². The van der Waals surface area contributed by atoms with Crippen molar-refractivity contribution >= 4 is 32.0 Å². The standard InChI is InChI=1S/C20H21BrO8S/c1-12-7-9-14(10-8-12)30(25,26)29-18-16(22)17(15(11-21)27-20(18)24)28-19(23)13-5-3-2-4-6-13/h2-10,15-18,20,22,24H,11H2,1H3/t15-,16+,17-,18-,20+/m1/s1. The van der Waals surface area contributed by atoms with Crippen LogP contribution in [0.1, 0.15) is 15.9 Å². The molecule has 0 aliphatic carbocycles. The van der Waals surface area contributed by atoms with Gasteiger partial charge >= 0.3 is 5.97 Å². The Bertz CT molecular complexity index is 964. The summed E-state index contributed by atoms with van der Waals surface area (Å²) in [5, 5.41) is 21.1. The molecule has 0 amide bonds. The zero-order valence-corrected chi connectivity index (χ0v) is 18.3. The van der Waals surface area contributed by atoms with Crippen LogP contribution in [0.15, 0.2) is 59.5 Å². The van der Waals surface area contributed by atoms with Crippen molar-refractivity contribution in [3.8, 4) is 0 Å². The molecule has 8 nitrogen and oxygen atoms in total. The van der Waals surface area contributed by atoms with E-state index in [0.717, 1.165) is 5.56 Å². The number of aliphatic hydroxyl groups is 2. The first kappa shape index (κ1) is 22.9. The van der Waals surface area contributed by atoms with E-state index in [2.05, 4.69) is 15.9 Å². The van der Waals surface area contributed by atoms with Gasteiger partial charge in [-0.2, -0.15) is 8.42 Å². The SMILES string of the molecule is Cc1ccc(S(=O)(=O)O[C@@H]2[C@@H](O)[C@H](OC(=O)c3ccccc3)[C@@H](CBr)O[C@@H]2O)cc1. The largest absolute Gasteiger partial charge is 0.453 e. The highest BCUT2D eigenvalue weighted by atomic mass is 79.9. The molecule has 3 rings (SSSR count). The predicted octanol–water partition coefficient (Wildman–Crippen LogP) is 1.77. The van der Waals surface area contributed by atoms with Gasteiger partial charge in [-0.1, -0.05) is 51.8 Å². The van der Waals surface area contributed by atoms with Gasteiger partial charge in [0.15, 0.2) is 18.5 Å². The summed E-state index contributed by atoms with van der Waals surface area (Å²) in [5.41, 5.74) is 1.09. The minimum Gasteiger partial charge on any atom is -0.453 e. The van der Waals surface area contributed by atoms with Crippen LogP contribution in [0.3, 0.4) is 0 Å². The van der Waals surface area contributed by atoms with Gasteiger partial charge in [0, 0.05) is 5.33 Å². The van der Waals surface area contributed by atoms with E-state index in [1.807, 2.05) is 0 Å². The second-order valence-corrected chi connectivity index (χ2v) is 8.99. The van der Waals surface area contributed by atoms with E-state index < -0.39 is 46.8 Å². The number of hydrogen-bond donors (Lipinski definition) is 2. The van der Waals surface area contributed by atoms with Crippen LogP contribution >= 0.6 is 15.9 Å². The summed E-state index contributed by atoms with van der Waals surface area (Å²) in [5.74, 6) is -0.731. The minimum atomic E-state index is -4.32. The van der Waals surface area contributed by atoms with Gasteiger partial charge in [0.1, 0.15) is 12.2 Å². The molecule has 162 valence electrons. The fraction of sp³-hybridized carbons (Fsp3) is 0.350. The summed E-state index contributed by atoms with van der Waals surface area (Å²) in [6, 6.07) is 14.0. The van der Waals surface area contributed by atoms with Crippen molar-refractivity contribution in [3.63, 3.8) is 0 Å². The van der Waals surface area contributed by atoms with E-state index in [1.165, 1.54) is 24.3 Å². The molecule has 0 bridgehead atoms. The van der Waals surface area contributed by atoms with E-state index in [1.54, 1.807) is 37.3 Å². The Kier molecular flexibility index (Phi) is 7.27. The second kappa shape index (κ2) is 9.54. The fourth-order valence-electron chi connectivity index (χ4n) is 2.96. The first-order valence-electron chi connectivity index (χ1n) is 9.06. The smallest absolute Gasteiger partial charge is 0.338 e. The van der Waals surface area contributed by atoms with Crippen LogP contribution in [0.4, 0.5) is 0 Å². The van der Waals surface area contributed by atoms with Crippen LogP contribution in [0.2, 0.25) is 0 Å². The molecule has 0 spiro atoms.